The van der Waals surface area contributed by atoms with E-state index < -0.39 is 0 Å². The number of hydrogen-bond acceptors (Lipinski definition) is 3. The monoisotopic (exact) mass is 237 g/mol. The number of hydrogen-bond donors (Lipinski definition) is 1. The van der Waals surface area contributed by atoms with Gasteiger partial charge in [-0.05, 0) is 24.5 Å². The Kier molecular flexibility index (Phi) is 4.27. The third-order valence-corrected chi connectivity index (χ3v) is 4.04. The molecule has 3 heteroatoms. The molecule has 16 heavy (non-hydrogen) atoms. The van der Waals surface area contributed by atoms with E-state index in [2.05, 4.69) is 24.3 Å². The van der Waals surface area contributed by atoms with Gasteiger partial charge in [0.05, 0.1) is 12.7 Å². The molecule has 1 aliphatic rings. The van der Waals surface area contributed by atoms with Crippen LogP contribution in [0.15, 0.2) is 24.3 Å². The first-order valence-electron chi connectivity index (χ1n) is 5.80. The summed E-state index contributed by atoms with van der Waals surface area (Å²) >= 11 is 1.88. The molecule has 0 spiro atoms. The molecule has 0 fully saturated rings. The predicted molar refractivity (Wildman–Crippen MR) is 69.8 cm³/mol. The van der Waals surface area contributed by atoms with E-state index in [0.717, 1.165) is 24.5 Å². The van der Waals surface area contributed by atoms with Crippen LogP contribution in [0.4, 0.5) is 0 Å². The van der Waals surface area contributed by atoms with Gasteiger partial charge in [0.25, 0.3) is 0 Å². The van der Waals surface area contributed by atoms with Gasteiger partial charge in [-0.2, -0.15) is 11.8 Å². The smallest absolute Gasteiger partial charge is 0.0918 e. The summed E-state index contributed by atoms with van der Waals surface area (Å²) in [5.41, 5.74) is 8.55. The fourth-order valence-corrected chi connectivity index (χ4v) is 2.97. The molecule has 2 nitrogen and oxygen atoms in total. The number of fused-ring (bicyclic) bond motifs is 1. The fourth-order valence-electron chi connectivity index (χ4n) is 1.98. The van der Waals surface area contributed by atoms with E-state index in [1.165, 1.54) is 11.1 Å². The second-order valence-electron chi connectivity index (χ2n) is 4.32. The molecule has 2 rings (SSSR count). The molecular formula is C13H19NOS. The van der Waals surface area contributed by atoms with Gasteiger partial charge in [-0.3, -0.25) is 0 Å². The molecule has 1 heterocycles. The van der Waals surface area contributed by atoms with Crippen LogP contribution >= 0.6 is 11.8 Å². The normalized spacial score (nSPS) is 21.5. The van der Waals surface area contributed by atoms with E-state index >= 15 is 0 Å². The van der Waals surface area contributed by atoms with Gasteiger partial charge in [0.2, 0.25) is 0 Å². The molecule has 0 bridgehead atoms. The zero-order valence-corrected chi connectivity index (χ0v) is 10.5. The quantitative estimate of drug-likeness (QED) is 0.873. The lowest BCUT2D eigenvalue weighted by Crippen LogP contribution is -2.21. The summed E-state index contributed by atoms with van der Waals surface area (Å²) in [6, 6.07) is 8.86. The van der Waals surface area contributed by atoms with Gasteiger partial charge in [0, 0.05) is 17.5 Å². The van der Waals surface area contributed by atoms with Crippen LogP contribution in [0, 0.1) is 0 Å². The molecule has 0 aromatic heterocycles. The Morgan fingerprint density at radius 2 is 2.31 bits per heavy atom. The molecule has 0 saturated heterocycles. The van der Waals surface area contributed by atoms with Crippen molar-refractivity contribution in [3.8, 4) is 0 Å². The van der Waals surface area contributed by atoms with Gasteiger partial charge in [-0.1, -0.05) is 24.3 Å². The molecule has 1 aliphatic heterocycles. The summed E-state index contributed by atoms with van der Waals surface area (Å²) in [4.78, 5) is 0. The van der Waals surface area contributed by atoms with Crippen molar-refractivity contribution in [3.63, 3.8) is 0 Å². The Balaban J connectivity index is 1.96. The van der Waals surface area contributed by atoms with Crippen LogP contribution in [-0.4, -0.2) is 24.2 Å². The Hall–Kier alpha value is -0.510. The highest BCUT2D eigenvalue weighted by molar-refractivity contribution is 7.99. The maximum absolute atomic E-state index is 5.82. The molecule has 88 valence electrons. The molecule has 1 aromatic rings. The Bertz CT molecular complexity index is 340. The fraction of sp³-hybridized carbons (Fsp3) is 0.538. The largest absolute Gasteiger partial charge is 0.372 e. The first-order valence-corrected chi connectivity index (χ1v) is 6.95. The van der Waals surface area contributed by atoms with Crippen LogP contribution in [0.3, 0.4) is 0 Å². The average Bonchev–Trinajstić information content (AvgIpc) is 2.29. The first-order chi connectivity index (χ1) is 7.77. The number of benzene rings is 1. The van der Waals surface area contributed by atoms with Crippen LogP contribution in [-0.2, 0) is 11.2 Å². The number of rotatable bonds is 4. The van der Waals surface area contributed by atoms with Crippen molar-refractivity contribution < 1.29 is 4.74 Å². The summed E-state index contributed by atoms with van der Waals surface area (Å²) in [6.45, 7) is 2.89. The first kappa shape index (κ1) is 12.0. The molecule has 0 saturated carbocycles. The third-order valence-electron chi connectivity index (χ3n) is 2.74. The minimum Gasteiger partial charge on any atom is -0.372 e. The minimum absolute atomic E-state index is 0.258. The summed E-state index contributed by atoms with van der Waals surface area (Å²) in [6.07, 6.45) is 1.30. The third kappa shape index (κ3) is 3.00. The van der Waals surface area contributed by atoms with Crippen molar-refractivity contribution >= 4 is 11.8 Å². The lowest BCUT2D eigenvalue weighted by molar-refractivity contribution is 0.0588. The van der Waals surface area contributed by atoms with Crippen LogP contribution in [0.25, 0.3) is 0 Å². The summed E-state index contributed by atoms with van der Waals surface area (Å²) in [5, 5.41) is 0. The van der Waals surface area contributed by atoms with Crippen molar-refractivity contribution in [2.45, 2.75) is 25.5 Å². The van der Waals surface area contributed by atoms with Crippen molar-refractivity contribution in [2.24, 2.45) is 5.73 Å². The molecular weight excluding hydrogens is 218 g/mol. The molecule has 0 radical (unpaired) electrons. The molecule has 2 unspecified atom stereocenters. The highest BCUT2D eigenvalue weighted by atomic mass is 32.2. The molecule has 0 aliphatic carbocycles. The second-order valence-corrected chi connectivity index (χ2v) is 5.40. The molecule has 0 amide bonds. The number of ether oxygens (including phenoxy) is 1. The van der Waals surface area contributed by atoms with Gasteiger partial charge in [-0.15, -0.1) is 0 Å². The van der Waals surface area contributed by atoms with Crippen molar-refractivity contribution in [3.05, 3.63) is 35.4 Å². The van der Waals surface area contributed by atoms with Crippen molar-refractivity contribution in [2.75, 3.05) is 18.1 Å². The van der Waals surface area contributed by atoms with E-state index in [1.54, 1.807) is 0 Å². The van der Waals surface area contributed by atoms with Crippen LogP contribution in [0.2, 0.25) is 0 Å². The number of thioether (sulfide) groups is 1. The van der Waals surface area contributed by atoms with Crippen LogP contribution in [0.5, 0.6) is 0 Å². The van der Waals surface area contributed by atoms with E-state index in [1.807, 2.05) is 18.7 Å². The zero-order chi connectivity index (χ0) is 11.4. The maximum atomic E-state index is 5.82. The van der Waals surface area contributed by atoms with E-state index in [-0.39, 0.29) is 12.1 Å². The average molecular weight is 237 g/mol. The standard InChI is InChI=1S/C13H19NOS/c1-10(14)8-16-9-13-12-5-3-2-4-11(12)6-7-15-13/h2-5,10,13H,6-9,14H2,1H3. The van der Waals surface area contributed by atoms with E-state index in [9.17, 15) is 0 Å². The lowest BCUT2D eigenvalue weighted by Gasteiger charge is -2.26. The Morgan fingerprint density at radius 1 is 1.50 bits per heavy atom. The Labute approximate surface area is 102 Å². The maximum Gasteiger partial charge on any atom is 0.0918 e. The Morgan fingerprint density at radius 3 is 3.12 bits per heavy atom. The van der Waals surface area contributed by atoms with Gasteiger partial charge < -0.3 is 10.5 Å². The van der Waals surface area contributed by atoms with Crippen molar-refractivity contribution in [1.29, 1.82) is 0 Å². The molecule has 1 aromatic carbocycles. The predicted octanol–water partition coefficient (Wildman–Crippen LogP) is 2.38. The summed E-state index contributed by atoms with van der Waals surface area (Å²) in [5.74, 6) is 2.01. The second kappa shape index (κ2) is 5.71. The topological polar surface area (TPSA) is 35.2 Å². The van der Waals surface area contributed by atoms with Gasteiger partial charge >= 0.3 is 0 Å². The highest BCUT2D eigenvalue weighted by Gasteiger charge is 2.20. The minimum atomic E-state index is 0.258. The van der Waals surface area contributed by atoms with Crippen molar-refractivity contribution in [1.82, 2.24) is 0 Å². The number of nitrogens with two attached hydrogens (primary N) is 1. The van der Waals surface area contributed by atoms with Crippen LogP contribution in [0.1, 0.15) is 24.2 Å². The molecule has 2 N–H and O–H groups in total. The van der Waals surface area contributed by atoms with Gasteiger partial charge in [0.15, 0.2) is 0 Å². The van der Waals surface area contributed by atoms with Crippen LogP contribution < -0.4 is 5.73 Å². The highest BCUT2D eigenvalue weighted by Crippen LogP contribution is 2.29. The van der Waals surface area contributed by atoms with E-state index in [0.29, 0.717) is 0 Å². The molecule has 2 atom stereocenters. The lowest BCUT2D eigenvalue weighted by atomic mass is 9.99. The summed E-state index contributed by atoms with van der Waals surface area (Å²) < 4.78 is 5.82. The van der Waals surface area contributed by atoms with E-state index in [4.69, 9.17) is 10.5 Å². The van der Waals surface area contributed by atoms with Gasteiger partial charge in [0.1, 0.15) is 0 Å². The SMILES string of the molecule is CC(N)CSCC1OCCc2ccccc21. The van der Waals surface area contributed by atoms with Gasteiger partial charge in [-0.25, -0.2) is 0 Å². The zero-order valence-electron chi connectivity index (χ0n) is 9.69. The summed E-state index contributed by atoms with van der Waals surface area (Å²) in [7, 11) is 0.